The number of hydrogen-bond acceptors (Lipinski definition) is 5. The first kappa shape index (κ1) is 11.6. The van der Waals surface area contributed by atoms with E-state index < -0.39 is 0 Å². The topological polar surface area (TPSA) is 65.2 Å². The SMILES string of the molecule is O=C1CCC(c2nc(C3CC4CCC3O4)no2)CC1. The Labute approximate surface area is 111 Å². The third-order valence-corrected chi connectivity index (χ3v) is 4.79. The molecule has 0 radical (unpaired) electrons. The second kappa shape index (κ2) is 4.40. The van der Waals surface area contributed by atoms with Crippen molar-refractivity contribution in [2.75, 3.05) is 0 Å². The molecule has 2 aliphatic heterocycles. The minimum Gasteiger partial charge on any atom is -0.374 e. The van der Waals surface area contributed by atoms with Gasteiger partial charge in [-0.15, -0.1) is 0 Å². The number of carbonyl (C=O) groups is 1. The molecule has 2 saturated heterocycles. The molecule has 2 bridgehead atoms. The summed E-state index contributed by atoms with van der Waals surface area (Å²) in [5.41, 5.74) is 0. The van der Waals surface area contributed by atoms with Crippen LogP contribution >= 0.6 is 0 Å². The Morgan fingerprint density at radius 1 is 1.11 bits per heavy atom. The molecule has 0 spiro atoms. The Morgan fingerprint density at radius 2 is 1.95 bits per heavy atom. The van der Waals surface area contributed by atoms with Crippen LogP contribution in [0.25, 0.3) is 0 Å². The first-order valence-corrected chi connectivity index (χ1v) is 7.30. The molecular formula is C14H18N2O3. The number of ketones is 1. The van der Waals surface area contributed by atoms with Crippen LogP contribution in [0.15, 0.2) is 4.52 Å². The van der Waals surface area contributed by atoms with E-state index in [2.05, 4.69) is 10.1 Å². The fourth-order valence-electron chi connectivity index (χ4n) is 3.66. The lowest BCUT2D eigenvalue weighted by Gasteiger charge is -2.17. The van der Waals surface area contributed by atoms with E-state index in [-0.39, 0.29) is 5.92 Å². The zero-order valence-corrected chi connectivity index (χ0v) is 10.9. The predicted molar refractivity (Wildman–Crippen MR) is 65.8 cm³/mol. The van der Waals surface area contributed by atoms with Gasteiger partial charge in [-0.1, -0.05) is 5.16 Å². The molecule has 1 aromatic heterocycles. The van der Waals surface area contributed by atoms with Crippen molar-refractivity contribution in [3.63, 3.8) is 0 Å². The van der Waals surface area contributed by atoms with Gasteiger partial charge in [-0.05, 0) is 32.1 Å². The van der Waals surface area contributed by atoms with Crippen molar-refractivity contribution in [3.8, 4) is 0 Å². The lowest BCUT2D eigenvalue weighted by Crippen LogP contribution is -2.16. The van der Waals surface area contributed by atoms with E-state index in [4.69, 9.17) is 9.26 Å². The second-order valence-corrected chi connectivity index (χ2v) is 6.02. The molecule has 1 aliphatic carbocycles. The molecule has 3 atom stereocenters. The molecule has 102 valence electrons. The number of carbonyl (C=O) groups excluding carboxylic acids is 1. The quantitative estimate of drug-likeness (QED) is 0.818. The maximum absolute atomic E-state index is 11.3. The van der Waals surface area contributed by atoms with Crippen molar-refractivity contribution >= 4 is 5.78 Å². The van der Waals surface area contributed by atoms with Gasteiger partial charge in [-0.25, -0.2) is 0 Å². The largest absolute Gasteiger partial charge is 0.374 e. The fraction of sp³-hybridized carbons (Fsp3) is 0.786. The Kier molecular flexibility index (Phi) is 2.69. The van der Waals surface area contributed by atoms with Gasteiger partial charge in [0, 0.05) is 18.8 Å². The highest BCUT2D eigenvalue weighted by Gasteiger charge is 2.44. The number of aromatic nitrogens is 2. The fourth-order valence-corrected chi connectivity index (χ4v) is 3.66. The zero-order valence-electron chi connectivity index (χ0n) is 10.9. The number of hydrogen-bond donors (Lipinski definition) is 0. The van der Waals surface area contributed by atoms with Crippen molar-refractivity contribution in [2.24, 2.45) is 0 Å². The Morgan fingerprint density at radius 3 is 2.63 bits per heavy atom. The van der Waals surface area contributed by atoms with E-state index in [1.807, 2.05) is 0 Å². The van der Waals surface area contributed by atoms with Gasteiger partial charge in [0.15, 0.2) is 5.82 Å². The number of nitrogens with zero attached hydrogens (tertiary/aromatic N) is 2. The lowest BCUT2D eigenvalue weighted by molar-refractivity contribution is -0.120. The van der Waals surface area contributed by atoms with Gasteiger partial charge in [0.1, 0.15) is 5.78 Å². The highest BCUT2D eigenvalue weighted by Crippen LogP contribution is 2.44. The number of ether oxygens (including phenoxy) is 1. The van der Waals surface area contributed by atoms with Crippen molar-refractivity contribution < 1.29 is 14.1 Å². The summed E-state index contributed by atoms with van der Waals surface area (Å²) in [5, 5.41) is 4.16. The molecule has 3 unspecified atom stereocenters. The highest BCUT2D eigenvalue weighted by molar-refractivity contribution is 5.79. The molecule has 0 aromatic carbocycles. The molecule has 3 aliphatic rings. The summed E-state index contributed by atoms with van der Waals surface area (Å²) in [4.78, 5) is 15.8. The summed E-state index contributed by atoms with van der Waals surface area (Å²) < 4.78 is 11.3. The van der Waals surface area contributed by atoms with Crippen LogP contribution in [-0.4, -0.2) is 28.1 Å². The van der Waals surface area contributed by atoms with E-state index in [0.29, 0.717) is 36.8 Å². The predicted octanol–water partition coefficient (Wildman–Crippen LogP) is 2.33. The van der Waals surface area contributed by atoms with Crippen molar-refractivity contribution in [1.29, 1.82) is 0 Å². The summed E-state index contributed by atoms with van der Waals surface area (Å²) in [6.45, 7) is 0. The minimum atomic E-state index is 0.276. The van der Waals surface area contributed by atoms with Crippen molar-refractivity contribution in [3.05, 3.63) is 11.7 Å². The maximum Gasteiger partial charge on any atom is 0.229 e. The second-order valence-electron chi connectivity index (χ2n) is 6.02. The molecule has 3 fully saturated rings. The molecule has 1 aromatic rings. The third kappa shape index (κ3) is 2.00. The van der Waals surface area contributed by atoms with Crippen molar-refractivity contribution in [1.82, 2.24) is 10.1 Å². The Hall–Kier alpha value is -1.23. The molecule has 0 amide bonds. The van der Waals surface area contributed by atoms with E-state index in [9.17, 15) is 4.79 Å². The van der Waals surface area contributed by atoms with E-state index >= 15 is 0 Å². The van der Waals surface area contributed by atoms with Crippen molar-refractivity contribution in [2.45, 2.75) is 69.0 Å². The van der Waals surface area contributed by atoms with Gasteiger partial charge in [0.25, 0.3) is 0 Å². The third-order valence-electron chi connectivity index (χ3n) is 4.79. The van der Waals surface area contributed by atoms with Crippen LogP contribution in [0.4, 0.5) is 0 Å². The monoisotopic (exact) mass is 262 g/mol. The summed E-state index contributed by atoms with van der Waals surface area (Å²) in [7, 11) is 0. The first-order chi connectivity index (χ1) is 9.29. The van der Waals surface area contributed by atoms with Gasteiger partial charge in [-0.2, -0.15) is 4.98 Å². The van der Waals surface area contributed by atoms with Crippen LogP contribution in [0.2, 0.25) is 0 Å². The van der Waals surface area contributed by atoms with Crippen LogP contribution < -0.4 is 0 Å². The normalized spacial score (nSPS) is 35.2. The summed E-state index contributed by atoms with van der Waals surface area (Å²) in [5.74, 6) is 2.50. The molecule has 3 heterocycles. The molecule has 4 rings (SSSR count). The first-order valence-electron chi connectivity index (χ1n) is 7.30. The van der Waals surface area contributed by atoms with E-state index in [1.165, 1.54) is 6.42 Å². The van der Waals surface area contributed by atoms with Gasteiger partial charge in [0.05, 0.1) is 18.1 Å². The Balaban J connectivity index is 1.49. The van der Waals surface area contributed by atoms with Crippen LogP contribution in [-0.2, 0) is 9.53 Å². The molecule has 5 heteroatoms. The number of Topliss-reactive ketones (excluding diaryl/α,β-unsaturated/α-hetero) is 1. The standard InChI is InChI=1S/C14H18N2O3/c17-9-3-1-8(2-4-9)14-15-13(16-19-14)11-7-10-5-6-12(11)18-10/h8,10-12H,1-7H2. The molecule has 19 heavy (non-hydrogen) atoms. The molecule has 5 nitrogen and oxygen atoms in total. The van der Waals surface area contributed by atoms with Crippen LogP contribution in [0.5, 0.6) is 0 Å². The average molecular weight is 262 g/mol. The maximum atomic E-state index is 11.3. The number of rotatable bonds is 2. The molecule has 1 saturated carbocycles. The molecular weight excluding hydrogens is 244 g/mol. The minimum absolute atomic E-state index is 0.276. The smallest absolute Gasteiger partial charge is 0.229 e. The van der Waals surface area contributed by atoms with Crippen LogP contribution in [0, 0.1) is 0 Å². The summed E-state index contributed by atoms with van der Waals surface area (Å²) >= 11 is 0. The van der Waals surface area contributed by atoms with Gasteiger partial charge < -0.3 is 9.26 Å². The summed E-state index contributed by atoms with van der Waals surface area (Å²) in [6, 6.07) is 0. The van der Waals surface area contributed by atoms with Gasteiger partial charge >= 0.3 is 0 Å². The molecule has 0 N–H and O–H groups in total. The van der Waals surface area contributed by atoms with E-state index in [1.54, 1.807) is 0 Å². The van der Waals surface area contributed by atoms with Gasteiger partial charge in [0.2, 0.25) is 5.89 Å². The van der Waals surface area contributed by atoms with E-state index in [0.717, 1.165) is 37.4 Å². The summed E-state index contributed by atoms with van der Waals surface area (Å²) in [6.07, 6.45) is 7.05. The van der Waals surface area contributed by atoms with Gasteiger partial charge in [-0.3, -0.25) is 4.79 Å². The number of fused-ring (bicyclic) bond motifs is 2. The van der Waals surface area contributed by atoms with Crippen LogP contribution in [0.1, 0.15) is 68.5 Å². The van der Waals surface area contributed by atoms with Crippen LogP contribution in [0.3, 0.4) is 0 Å². The average Bonchev–Trinajstić information content (AvgIpc) is 3.15. The lowest BCUT2D eigenvalue weighted by atomic mass is 9.87. The zero-order chi connectivity index (χ0) is 12.8. The Bertz CT molecular complexity index is 489. The highest BCUT2D eigenvalue weighted by atomic mass is 16.5.